The normalized spacial score (nSPS) is 10.4. The summed E-state index contributed by atoms with van der Waals surface area (Å²) in [5.41, 5.74) is 1.80. The van der Waals surface area contributed by atoms with E-state index in [0.717, 1.165) is 16.9 Å². The molecule has 0 atom stereocenters. The molecule has 1 aromatic heterocycles. The smallest absolute Gasteiger partial charge is 0.365 e. The van der Waals surface area contributed by atoms with E-state index in [1.165, 1.54) is 6.07 Å². The van der Waals surface area contributed by atoms with Crippen molar-refractivity contribution in [2.75, 3.05) is 0 Å². The third-order valence-electron chi connectivity index (χ3n) is 2.14. The van der Waals surface area contributed by atoms with Gasteiger partial charge >= 0.3 is 5.97 Å². The van der Waals surface area contributed by atoms with Crippen molar-refractivity contribution in [3.05, 3.63) is 40.0 Å². The summed E-state index contributed by atoms with van der Waals surface area (Å²) in [5, 5.41) is 10.4. The van der Waals surface area contributed by atoms with E-state index in [1.54, 1.807) is 24.4 Å². The first-order valence-corrected chi connectivity index (χ1v) is 5.41. The number of hydrogen-bond donors (Lipinski definition) is 1. The van der Waals surface area contributed by atoms with Crippen LogP contribution in [-0.2, 0) is 0 Å². The van der Waals surface area contributed by atoms with Crippen LogP contribution in [0.4, 0.5) is 4.39 Å². The van der Waals surface area contributed by atoms with Gasteiger partial charge in [-0.15, -0.1) is 11.3 Å². The Balaban J connectivity index is 2.42. The first-order valence-electron chi connectivity index (χ1n) is 4.53. The number of aryl methyl sites for hydroxylation is 1. The maximum Gasteiger partial charge on any atom is 0.365 e. The fourth-order valence-electron chi connectivity index (χ4n) is 1.31. The number of aromatic carboxylic acids is 1. The van der Waals surface area contributed by atoms with E-state index >= 15 is 0 Å². The number of carboxylic acid groups (broad SMARTS) is 1. The van der Waals surface area contributed by atoms with Crippen molar-refractivity contribution in [2.45, 2.75) is 6.92 Å². The SMILES string of the molecule is Cc1cc(-c2csc(C(=O)O)n2)ccc1F. The van der Waals surface area contributed by atoms with Gasteiger partial charge in [-0.05, 0) is 30.7 Å². The third-order valence-corrected chi connectivity index (χ3v) is 2.97. The lowest BCUT2D eigenvalue weighted by molar-refractivity contribution is 0.0696. The molecule has 2 rings (SSSR count). The van der Waals surface area contributed by atoms with Crippen LogP contribution in [0.1, 0.15) is 15.4 Å². The van der Waals surface area contributed by atoms with Gasteiger partial charge in [0.1, 0.15) is 5.82 Å². The summed E-state index contributed by atoms with van der Waals surface area (Å²) in [6.07, 6.45) is 0. The van der Waals surface area contributed by atoms with Gasteiger partial charge in [-0.25, -0.2) is 14.2 Å². The summed E-state index contributed by atoms with van der Waals surface area (Å²) < 4.78 is 13.0. The summed E-state index contributed by atoms with van der Waals surface area (Å²) >= 11 is 1.06. The van der Waals surface area contributed by atoms with Gasteiger partial charge in [-0.2, -0.15) is 0 Å². The van der Waals surface area contributed by atoms with Crippen molar-refractivity contribution in [1.29, 1.82) is 0 Å². The second-order valence-corrected chi connectivity index (χ2v) is 4.17. The Morgan fingerprint density at radius 3 is 2.81 bits per heavy atom. The molecule has 1 aromatic carbocycles. The van der Waals surface area contributed by atoms with Crippen LogP contribution in [0.25, 0.3) is 11.3 Å². The highest BCUT2D eigenvalue weighted by Crippen LogP contribution is 2.23. The van der Waals surface area contributed by atoms with Crippen molar-refractivity contribution in [1.82, 2.24) is 4.98 Å². The molecule has 16 heavy (non-hydrogen) atoms. The molecule has 0 bridgehead atoms. The van der Waals surface area contributed by atoms with Crippen LogP contribution in [0.2, 0.25) is 0 Å². The lowest BCUT2D eigenvalue weighted by atomic mass is 10.1. The molecule has 1 N–H and O–H groups in total. The lowest BCUT2D eigenvalue weighted by Crippen LogP contribution is -1.94. The Kier molecular flexibility index (Phi) is 2.70. The number of thiazole rings is 1. The quantitative estimate of drug-likeness (QED) is 0.873. The highest BCUT2D eigenvalue weighted by molar-refractivity contribution is 7.11. The van der Waals surface area contributed by atoms with Gasteiger partial charge in [0, 0.05) is 10.9 Å². The molecule has 0 radical (unpaired) electrons. The van der Waals surface area contributed by atoms with Crippen LogP contribution in [0.5, 0.6) is 0 Å². The molecule has 5 heteroatoms. The van der Waals surface area contributed by atoms with Gasteiger partial charge in [-0.1, -0.05) is 0 Å². The van der Waals surface area contributed by atoms with Gasteiger partial charge < -0.3 is 5.11 Å². The highest BCUT2D eigenvalue weighted by atomic mass is 32.1. The van der Waals surface area contributed by atoms with Gasteiger partial charge in [0.2, 0.25) is 5.01 Å². The van der Waals surface area contributed by atoms with Gasteiger partial charge in [0.05, 0.1) is 5.69 Å². The first kappa shape index (κ1) is 10.8. The van der Waals surface area contributed by atoms with Crippen molar-refractivity contribution in [3.8, 4) is 11.3 Å². The summed E-state index contributed by atoms with van der Waals surface area (Å²) in [4.78, 5) is 14.6. The molecule has 0 aliphatic carbocycles. The summed E-state index contributed by atoms with van der Waals surface area (Å²) in [7, 11) is 0. The van der Waals surface area contributed by atoms with Crippen molar-refractivity contribution in [2.24, 2.45) is 0 Å². The van der Waals surface area contributed by atoms with Crippen molar-refractivity contribution >= 4 is 17.3 Å². The zero-order valence-electron chi connectivity index (χ0n) is 8.40. The molecule has 3 nitrogen and oxygen atoms in total. The Bertz CT molecular complexity index is 551. The zero-order chi connectivity index (χ0) is 11.7. The number of hydrogen-bond acceptors (Lipinski definition) is 3. The molecule has 2 aromatic rings. The predicted molar refractivity (Wildman–Crippen MR) is 59.2 cm³/mol. The fourth-order valence-corrected chi connectivity index (χ4v) is 1.97. The average Bonchev–Trinajstić information content (AvgIpc) is 2.71. The average molecular weight is 237 g/mol. The molecular formula is C11H8FNO2S. The topological polar surface area (TPSA) is 50.2 Å². The summed E-state index contributed by atoms with van der Waals surface area (Å²) in [5.74, 6) is -1.33. The molecule has 82 valence electrons. The predicted octanol–water partition coefficient (Wildman–Crippen LogP) is 2.96. The fraction of sp³-hybridized carbons (Fsp3) is 0.0909. The van der Waals surface area contributed by atoms with E-state index < -0.39 is 5.97 Å². The molecule has 0 amide bonds. The molecule has 0 aliphatic rings. The van der Waals surface area contributed by atoms with Crippen LogP contribution < -0.4 is 0 Å². The minimum absolute atomic E-state index is 0.0389. The van der Waals surface area contributed by atoms with E-state index in [9.17, 15) is 9.18 Å². The molecule has 1 heterocycles. The molecule has 0 fully saturated rings. The van der Waals surface area contributed by atoms with E-state index in [0.29, 0.717) is 11.3 Å². The van der Waals surface area contributed by atoms with Crippen molar-refractivity contribution in [3.63, 3.8) is 0 Å². The number of aromatic nitrogens is 1. The summed E-state index contributed by atoms with van der Waals surface area (Å²) in [6, 6.07) is 4.59. The van der Waals surface area contributed by atoms with Crippen molar-refractivity contribution < 1.29 is 14.3 Å². The molecule has 0 unspecified atom stereocenters. The Morgan fingerprint density at radius 1 is 1.50 bits per heavy atom. The van der Waals surface area contributed by atoms with Crippen LogP contribution in [0, 0.1) is 12.7 Å². The van der Waals surface area contributed by atoms with E-state index in [4.69, 9.17) is 5.11 Å². The monoisotopic (exact) mass is 237 g/mol. The largest absolute Gasteiger partial charge is 0.476 e. The number of rotatable bonds is 2. The molecule has 0 saturated carbocycles. The van der Waals surface area contributed by atoms with Crippen LogP contribution in [-0.4, -0.2) is 16.1 Å². The molecular weight excluding hydrogens is 229 g/mol. The van der Waals surface area contributed by atoms with Crippen LogP contribution in [0.15, 0.2) is 23.6 Å². The number of carboxylic acids is 1. The lowest BCUT2D eigenvalue weighted by Gasteiger charge is -1.99. The van der Waals surface area contributed by atoms with Crippen LogP contribution >= 0.6 is 11.3 Å². The first-order chi connectivity index (χ1) is 7.58. The Labute approximate surface area is 95.2 Å². The minimum Gasteiger partial charge on any atom is -0.476 e. The Morgan fingerprint density at radius 2 is 2.25 bits per heavy atom. The third kappa shape index (κ3) is 1.94. The van der Waals surface area contributed by atoms with E-state index in [1.807, 2.05) is 0 Å². The number of nitrogens with zero attached hydrogens (tertiary/aromatic N) is 1. The van der Waals surface area contributed by atoms with E-state index in [-0.39, 0.29) is 10.8 Å². The van der Waals surface area contributed by atoms with Crippen LogP contribution in [0.3, 0.4) is 0 Å². The van der Waals surface area contributed by atoms with E-state index in [2.05, 4.69) is 4.98 Å². The number of carbonyl (C=O) groups is 1. The maximum absolute atomic E-state index is 13.0. The summed E-state index contributed by atoms with van der Waals surface area (Å²) in [6.45, 7) is 1.66. The van der Waals surface area contributed by atoms with Gasteiger partial charge in [0.15, 0.2) is 0 Å². The standard InChI is InChI=1S/C11H8FNO2S/c1-6-4-7(2-3-8(6)12)9-5-16-10(13-9)11(14)15/h2-5H,1H3,(H,14,15). The zero-order valence-corrected chi connectivity index (χ0v) is 9.21. The maximum atomic E-state index is 13.0. The highest BCUT2D eigenvalue weighted by Gasteiger charge is 2.10. The second-order valence-electron chi connectivity index (χ2n) is 3.31. The van der Waals surface area contributed by atoms with Gasteiger partial charge in [0.25, 0.3) is 0 Å². The number of benzene rings is 1. The molecule has 0 spiro atoms. The second kappa shape index (κ2) is 4.02. The number of halogens is 1. The molecule has 0 saturated heterocycles. The molecule has 0 aliphatic heterocycles. The Hall–Kier alpha value is -1.75. The van der Waals surface area contributed by atoms with Gasteiger partial charge in [-0.3, -0.25) is 0 Å². The minimum atomic E-state index is -1.05.